The standard InChI is InChI=1S/C14H21FN2O/c1-17(13-4-2-3-11(15)9-13)12-5-7-14(18,10-16)8-6-12/h2-4,9,12,18H,5-8,10,16H2,1H3. The summed E-state index contributed by atoms with van der Waals surface area (Å²) in [6, 6.07) is 6.97. The van der Waals surface area contributed by atoms with E-state index in [2.05, 4.69) is 4.90 Å². The van der Waals surface area contributed by atoms with Crippen LogP contribution < -0.4 is 10.6 Å². The Kier molecular flexibility index (Phi) is 3.88. The summed E-state index contributed by atoms with van der Waals surface area (Å²) < 4.78 is 13.2. The Morgan fingerprint density at radius 1 is 1.44 bits per heavy atom. The summed E-state index contributed by atoms with van der Waals surface area (Å²) in [7, 11) is 1.98. The van der Waals surface area contributed by atoms with Crippen LogP contribution in [0.5, 0.6) is 0 Å². The molecule has 0 spiro atoms. The highest BCUT2D eigenvalue weighted by Gasteiger charge is 2.33. The highest BCUT2D eigenvalue weighted by atomic mass is 19.1. The van der Waals surface area contributed by atoms with E-state index in [1.807, 2.05) is 13.1 Å². The number of rotatable bonds is 3. The first-order chi connectivity index (χ1) is 8.54. The van der Waals surface area contributed by atoms with Crippen molar-refractivity contribution >= 4 is 5.69 Å². The molecule has 1 aromatic rings. The van der Waals surface area contributed by atoms with Gasteiger partial charge in [-0.2, -0.15) is 0 Å². The SMILES string of the molecule is CN(c1cccc(F)c1)C1CCC(O)(CN)CC1. The summed E-state index contributed by atoms with van der Waals surface area (Å²) in [6.45, 7) is 0.323. The minimum atomic E-state index is -0.695. The van der Waals surface area contributed by atoms with Crippen LogP contribution in [-0.2, 0) is 0 Å². The average Bonchev–Trinajstić information content (AvgIpc) is 2.39. The first kappa shape index (κ1) is 13.3. The Bertz CT molecular complexity index is 403. The van der Waals surface area contributed by atoms with Crippen LogP contribution in [0.1, 0.15) is 25.7 Å². The van der Waals surface area contributed by atoms with Gasteiger partial charge in [-0.15, -0.1) is 0 Å². The van der Waals surface area contributed by atoms with Crippen molar-refractivity contribution in [2.24, 2.45) is 5.73 Å². The van der Waals surface area contributed by atoms with Crippen LogP contribution >= 0.6 is 0 Å². The molecule has 18 heavy (non-hydrogen) atoms. The van der Waals surface area contributed by atoms with Crippen LogP contribution in [0, 0.1) is 5.82 Å². The molecule has 1 aromatic carbocycles. The first-order valence-corrected chi connectivity index (χ1v) is 6.45. The quantitative estimate of drug-likeness (QED) is 0.863. The van der Waals surface area contributed by atoms with Crippen molar-refractivity contribution in [2.45, 2.75) is 37.3 Å². The zero-order valence-electron chi connectivity index (χ0n) is 10.8. The van der Waals surface area contributed by atoms with E-state index in [0.717, 1.165) is 18.5 Å². The van der Waals surface area contributed by atoms with Gasteiger partial charge >= 0.3 is 0 Å². The lowest BCUT2D eigenvalue weighted by molar-refractivity contribution is 0.00799. The molecule has 0 amide bonds. The van der Waals surface area contributed by atoms with Crippen LogP contribution in [0.3, 0.4) is 0 Å². The molecule has 1 fully saturated rings. The molecule has 0 atom stereocenters. The Labute approximate surface area is 107 Å². The lowest BCUT2D eigenvalue weighted by Crippen LogP contribution is -2.46. The summed E-state index contributed by atoms with van der Waals surface area (Å²) in [4.78, 5) is 2.10. The average molecular weight is 252 g/mol. The van der Waals surface area contributed by atoms with E-state index in [4.69, 9.17) is 5.73 Å². The van der Waals surface area contributed by atoms with Crippen molar-refractivity contribution in [1.29, 1.82) is 0 Å². The van der Waals surface area contributed by atoms with Crippen molar-refractivity contribution < 1.29 is 9.50 Å². The molecule has 3 N–H and O–H groups in total. The van der Waals surface area contributed by atoms with Crippen LogP contribution in [0.2, 0.25) is 0 Å². The molecule has 1 saturated carbocycles. The first-order valence-electron chi connectivity index (χ1n) is 6.45. The maximum Gasteiger partial charge on any atom is 0.125 e. The summed E-state index contributed by atoms with van der Waals surface area (Å²) in [5.41, 5.74) is 5.77. The molecular weight excluding hydrogens is 231 g/mol. The third-order valence-electron chi connectivity index (χ3n) is 4.03. The molecule has 4 heteroatoms. The fourth-order valence-electron chi connectivity index (χ4n) is 2.64. The molecule has 1 aliphatic carbocycles. The molecule has 0 aromatic heterocycles. The molecule has 0 bridgehead atoms. The van der Waals surface area contributed by atoms with Crippen molar-refractivity contribution in [3.8, 4) is 0 Å². The predicted molar refractivity (Wildman–Crippen MR) is 71.1 cm³/mol. The van der Waals surface area contributed by atoms with Crippen molar-refractivity contribution in [3.63, 3.8) is 0 Å². The molecule has 0 unspecified atom stereocenters. The van der Waals surface area contributed by atoms with E-state index in [0.29, 0.717) is 25.4 Å². The summed E-state index contributed by atoms with van der Waals surface area (Å²) in [5.74, 6) is -0.214. The number of halogens is 1. The van der Waals surface area contributed by atoms with Crippen LogP contribution in [0.25, 0.3) is 0 Å². The second-order valence-corrected chi connectivity index (χ2v) is 5.25. The number of benzene rings is 1. The zero-order valence-corrected chi connectivity index (χ0v) is 10.8. The predicted octanol–water partition coefficient (Wildman–Crippen LogP) is 1.89. The molecule has 2 rings (SSSR count). The molecule has 3 nitrogen and oxygen atoms in total. The van der Waals surface area contributed by atoms with Crippen molar-refractivity contribution in [3.05, 3.63) is 30.1 Å². The van der Waals surface area contributed by atoms with E-state index >= 15 is 0 Å². The van der Waals surface area contributed by atoms with Gasteiger partial charge in [0.05, 0.1) is 5.60 Å². The lowest BCUT2D eigenvalue weighted by atomic mass is 9.81. The van der Waals surface area contributed by atoms with Crippen LogP contribution in [-0.4, -0.2) is 30.3 Å². The smallest absolute Gasteiger partial charge is 0.125 e. The van der Waals surface area contributed by atoms with Gasteiger partial charge in [0.1, 0.15) is 5.82 Å². The second kappa shape index (κ2) is 5.24. The Morgan fingerprint density at radius 3 is 2.67 bits per heavy atom. The Hall–Kier alpha value is -1.13. The van der Waals surface area contributed by atoms with Crippen molar-refractivity contribution in [2.75, 3.05) is 18.5 Å². The number of hydrogen-bond donors (Lipinski definition) is 2. The fourth-order valence-corrected chi connectivity index (χ4v) is 2.64. The minimum absolute atomic E-state index is 0.214. The fraction of sp³-hybridized carbons (Fsp3) is 0.571. The number of aliphatic hydroxyl groups is 1. The summed E-state index contributed by atoms with van der Waals surface area (Å²) >= 11 is 0. The van der Waals surface area contributed by atoms with Gasteiger partial charge in [0, 0.05) is 25.3 Å². The summed E-state index contributed by atoms with van der Waals surface area (Å²) in [6.07, 6.45) is 3.21. The van der Waals surface area contributed by atoms with Gasteiger partial charge in [-0.1, -0.05) is 6.07 Å². The topological polar surface area (TPSA) is 49.5 Å². The van der Waals surface area contributed by atoms with Crippen molar-refractivity contribution in [1.82, 2.24) is 0 Å². The minimum Gasteiger partial charge on any atom is -0.389 e. The maximum absolute atomic E-state index is 13.2. The van der Waals surface area contributed by atoms with Gasteiger partial charge in [-0.05, 0) is 43.9 Å². The van der Waals surface area contributed by atoms with Crippen LogP contribution in [0.4, 0.5) is 10.1 Å². The molecular formula is C14H21FN2O. The Morgan fingerprint density at radius 2 is 2.11 bits per heavy atom. The third-order valence-corrected chi connectivity index (χ3v) is 4.03. The van der Waals surface area contributed by atoms with Gasteiger partial charge in [0.25, 0.3) is 0 Å². The number of anilines is 1. The largest absolute Gasteiger partial charge is 0.389 e. The molecule has 0 heterocycles. The van der Waals surface area contributed by atoms with E-state index < -0.39 is 5.60 Å². The highest BCUT2D eigenvalue weighted by Crippen LogP contribution is 2.31. The monoisotopic (exact) mass is 252 g/mol. The lowest BCUT2D eigenvalue weighted by Gasteiger charge is -2.39. The van der Waals surface area contributed by atoms with E-state index in [1.165, 1.54) is 6.07 Å². The van der Waals surface area contributed by atoms with Crippen LogP contribution in [0.15, 0.2) is 24.3 Å². The van der Waals surface area contributed by atoms with E-state index in [1.54, 1.807) is 12.1 Å². The van der Waals surface area contributed by atoms with Gasteiger partial charge in [0.15, 0.2) is 0 Å². The zero-order chi connectivity index (χ0) is 13.2. The second-order valence-electron chi connectivity index (χ2n) is 5.25. The Balaban J connectivity index is 2.01. The number of nitrogens with zero attached hydrogens (tertiary/aromatic N) is 1. The van der Waals surface area contributed by atoms with Gasteiger partial charge in [-0.3, -0.25) is 0 Å². The molecule has 100 valence electrons. The highest BCUT2D eigenvalue weighted by molar-refractivity contribution is 5.46. The maximum atomic E-state index is 13.2. The van der Waals surface area contributed by atoms with Gasteiger partial charge in [-0.25, -0.2) is 4.39 Å². The van der Waals surface area contributed by atoms with Gasteiger partial charge < -0.3 is 15.7 Å². The molecule has 0 saturated heterocycles. The molecule has 1 aliphatic rings. The number of nitrogens with two attached hydrogens (primary N) is 1. The number of hydrogen-bond acceptors (Lipinski definition) is 3. The normalized spacial score (nSPS) is 28.1. The molecule has 0 radical (unpaired) electrons. The molecule has 0 aliphatic heterocycles. The van der Waals surface area contributed by atoms with Gasteiger partial charge in [0.2, 0.25) is 0 Å². The third kappa shape index (κ3) is 2.82. The van der Waals surface area contributed by atoms with E-state index in [9.17, 15) is 9.50 Å². The van der Waals surface area contributed by atoms with E-state index in [-0.39, 0.29) is 5.82 Å². The summed E-state index contributed by atoms with van der Waals surface area (Å²) in [5, 5.41) is 10.1.